The summed E-state index contributed by atoms with van der Waals surface area (Å²) in [6, 6.07) is 4.67. The third-order valence-electron chi connectivity index (χ3n) is 4.64. The summed E-state index contributed by atoms with van der Waals surface area (Å²) in [6.07, 6.45) is 0. The largest absolute Gasteiger partial charge is 0.467 e. The van der Waals surface area contributed by atoms with Crippen molar-refractivity contribution in [3.8, 4) is 5.75 Å². The highest BCUT2D eigenvalue weighted by atomic mass is 19.1. The smallest absolute Gasteiger partial charge is 0.191 e. The third-order valence-corrected chi connectivity index (χ3v) is 4.64. The van der Waals surface area contributed by atoms with E-state index in [0.717, 1.165) is 11.3 Å². The molecule has 1 aliphatic heterocycles. The summed E-state index contributed by atoms with van der Waals surface area (Å²) in [7, 11) is 1.63. The number of aliphatic hydroxyl groups is 1. The SMILES string of the molecule is CN=C(NCc1cc(F)cc2c1OCOC2)NCC(C)(O)c1cc(C)oc1C. The van der Waals surface area contributed by atoms with E-state index in [1.807, 2.05) is 19.9 Å². The lowest BCUT2D eigenvalue weighted by atomic mass is 9.96. The van der Waals surface area contributed by atoms with Gasteiger partial charge in [0.05, 0.1) is 13.2 Å². The van der Waals surface area contributed by atoms with Gasteiger partial charge in [-0.1, -0.05) is 0 Å². The minimum atomic E-state index is -1.14. The molecule has 3 rings (SSSR count). The van der Waals surface area contributed by atoms with Crippen LogP contribution >= 0.6 is 0 Å². The zero-order valence-corrected chi connectivity index (χ0v) is 16.6. The van der Waals surface area contributed by atoms with Crippen molar-refractivity contribution < 1.29 is 23.4 Å². The fourth-order valence-electron chi connectivity index (χ4n) is 3.30. The van der Waals surface area contributed by atoms with Crippen molar-refractivity contribution in [2.24, 2.45) is 4.99 Å². The first-order valence-electron chi connectivity index (χ1n) is 9.06. The predicted molar refractivity (Wildman–Crippen MR) is 103 cm³/mol. The van der Waals surface area contributed by atoms with Crippen LogP contribution in [0.25, 0.3) is 0 Å². The molecule has 28 heavy (non-hydrogen) atoms. The van der Waals surface area contributed by atoms with Gasteiger partial charge in [0.1, 0.15) is 28.7 Å². The number of halogens is 1. The molecule has 0 saturated heterocycles. The van der Waals surface area contributed by atoms with Crippen LogP contribution in [0.3, 0.4) is 0 Å². The van der Waals surface area contributed by atoms with Crippen LogP contribution in [0.2, 0.25) is 0 Å². The number of nitrogens with zero attached hydrogens (tertiary/aromatic N) is 1. The highest BCUT2D eigenvalue weighted by molar-refractivity contribution is 5.79. The first kappa shape index (κ1) is 20.2. The van der Waals surface area contributed by atoms with Crippen molar-refractivity contribution in [3.63, 3.8) is 0 Å². The van der Waals surface area contributed by atoms with E-state index in [-0.39, 0.29) is 19.2 Å². The first-order chi connectivity index (χ1) is 13.3. The molecule has 1 aromatic heterocycles. The molecule has 0 fully saturated rings. The van der Waals surface area contributed by atoms with E-state index < -0.39 is 5.60 Å². The highest BCUT2D eigenvalue weighted by Crippen LogP contribution is 2.29. The van der Waals surface area contributed by atoms with Crippen LogP contribution in [-0.2, 0) is 23.5 Å². The van der Waals surface area contributed by atoms with E-state index in [1.54, 1.807) is 14.0 Å². The summed E-state index contributed by atoms with van der Waals surface area (Å²) in [4.78, 5) is 4.16. The van der Waals surface area contributed by atoms with Gasteiger partial charge in [-0.3, -0.25) is 4.99 Å². The van der Waals surface area contributed by atoms with E-state index in [9.17, 15) is 9.50 Å². The van der Waals surface area contributed by atoms with Gasteiger partial charge < -0.3 is 29.6 Å². The summed E-state index contributed by atoms with van der Waals surface area (Å²) in [5.74, 6) is 2.18. The lowest BCUT2D eigenvalue weighted by molar-refractivity contribution is -0.0173. The average Bonchev–Trinajstić information content (AvgIpc) is 3.00. The van der Waals surface area contributed by atoms with Gasteiger partial charge in [-0.25, -0.2) is 4.39 Å². The number of hydrogen-bond acceptors (Lipinski definition) is 5. The Morgan fingerprint density at radius 2 is 2.07 bits per heavy atom. The van der Waals surface area contributed by atoms with E-state index in [4.69, 9.17) is 13.9 Å². The number of hydrogen-bond donors (Lipinski definition) is 3. The standard InChI is InChI=1S/C20H26FN3O4/c1-12-5-17(13(2)28-12)20(3,25)10-24-19(22-4)23-8-14-6-16(21)7-15-9-26-11-27-18(14)15/h5-7,25H,8-11H2,1-4H3,(H2,22,23,24). The molecule has 2 aromatic rings. The van der Waals surface area contributed by atoms with E-state index in [2.05, 4.69) is 15.6 Å². The molecule has 1 aliphatic rings. The summed E-state index contributed by atoms with van der Waals surface area (Å²) in [5.41, 5.74) is 0.937. The van der Waals surface area contributed by atoms with Crippen molar-refractivity contribution in [2.45, 2.75) is 39.5 Å². The van der Waals surface area contributed by atoms with Crippen molar-refractivity contribution in [2.75, 3.05) is 20.4 Å². The second-order valence-corrected chi connectivity index (χ2v) is 7.04. The third kappa shape index (κ3) is 4.45. The second-order valence-electron chi connectivity index (χ2n) is 7.04. The topological polar surface area (TPSA) is 88.3 Å². The molecule has 0 saturated carbocycles. The molecule has 1 aromatic carbocycles. The van der Waals surface area contributed by atoms with Gasteiger partial charge in [-0.15, -0.1) is 0 Å². The number of nitrogens with one attached hydrogen (secondary N) is 2. The molecular formula is C20H26FN3O4. The summed E-state index contributed by atoms with van der Waals surface area (Å²) >= 11 is 0. The van der Waals surface area contributed by atoms with Crippen LogP contribution in [0.15, 0.2) is 27.6 Å². The molecule has 1 atom stereocenters. The number of guanidine groups is 1. The minimum absolute atomic E-state index is 0.144. The number of ether oxygens (including phenoxy) is 2. The van der Waals surface area contributed by atoms with Crippen LogP contribution < -0.4 is 15.4 Å². The highest BCUT2D eigenvalue weighted by Gasteiger charge is 2.28. The van der Waals surface area contributed by atoms with Gasteiger partial charge in [-0.05, 0) is 39.0 Å². The number of aliphatic imine (C=N–C) groups is 1. The number of fused-ring (bicyclic) bond motifs is 1. The lowest BCUT2D eigenvalue weighted by Crippen LogP contribution is -2.44. The molecule has 0 spiro atoms. The van der Waals surface area contributed by atoms with Crippen LogP contribution in [0.5, 0.6) is 5.75 Å². The normalized spacial score (nSPS) is 16.1. The Bertz CT molecular complexity index is 877. The second kappa shape index (κ2) is 8.20. The molecule has 3 N–H and O–H groups in total. The molecule has 7 nitrogen and oxygen atoms in total. The van der Waals surface area contributed by atoms with Gasteiger partial charge in [0.15, 0.2) is 12.8 Å². The average molecular weight is 391 g/mol. The maximum atomic E-state index is 13.9. The molecule has 0 aliphatic carbocycles. The Balaban J connectivity index is 1.64. The monoisotopic (exact) mass is 391 g/mol. The first-order valence-corrected chi connectivity index (χ1v) is 9.06. The molecule has 0 amide bonds. The van der Waals surface area contributed by atoms with E-state index in [1.165, 1.54) is 12.1 Å². The summed E-state index contributed by atoms with van der Waals surface area (Å²) < 4.78 is 30.1. The Morgan fingerprint density at radius 1 is 1.29 bits per heavy atom. The Labute approximate surface area is 163 Å². The Morgan fingerprint density at radius 3 is 2.75 bits per heavy atom. The van der Waals surface area contributed by atoms with Crippen LogP contribution in [-0.4, -0.2) is 31.5 Å². The fourth-order valence-corrected chi connectivity index (χ4v) is 3.30. The van der Waals surface area contributed by atoms with Gasteiger partial charge in [0.25, 0.3) is 0 Å². The zero-order chi connectivity index (χ0) is 20.3. The Kier molecular flexibility index (Phi) is 5.90. The fraction of sp³-hybridized carbons (Fsp3) is 0.450. The van der Waals surface area contributed by atoms with Crippen LogP contribution in [0.4, 0.5) is 4.39 Å². The van der Waals surface area contributed by atoms with Crippen molar-refractivity contribution >= 4 is 5.96 Å². The van der Waals surface area contributed by atoms with Crippen molar-refractivity contribution in [3.05, 3.63) is 52.2 Å². The molecule has 2 heterocycles. The molecule has 1 unspecified atom stereocenters. The summed E-state index contributed by atoms with van der Waals surface area (Å²) in [6.45, 7) is 6.36. The molecule has 0 radical (unpaired) electrons. The van der Waals surface area contributed by atoms with Crippen molar-refractivity contribution in [1.29, 1.82) is 0 Å². The Hall–Kier alpha value is -2.58. The van der Waals surface area contributed by atoms with Gasteiger partial charge in [0.2, 0.25) is 0 Å². The summed E-state index contributed by atoms with van der Waals surface area (Å²) in [5, 5.41) is 17.0. The number of benzene rings is 1. The predicted octanol–water partition coefficient (Wildman–Crippen LogP) is 2.47. The van der Waals surface area contributed by atoms with Crippen molar-refractivity contribution in [1.82, 2.24) is 10.6 Å². The van der Waals surface area contributed by atoms with Gasteiger partial charge in [0, 0.05) is 30.3 Å². The molecule has 0 bridgehead atoms. The maximum Gasteiger partial charge on any atom is 0.191 e. The minimum Gasteiger partial charge on any atom is -0.467 e. The number of rotatable bonds is 5. The molecule has 8 heteroatoms. The van der Waals surface area contributed by atoms with E-state index in [0.29, 0.717) is 41.7 Å². The van der Waals surface area contributed by atoms with Gasteiger partial charge in [-0.2, -0.15) is 0 Å². The maximum absolute atomic E-state index is 13.9. The zero-order valence-electron chi connectivity index (χ0n) is 16.6. The molecular weight excluding hydrogens is 365 g/mol. The molecule has 152 valence electrons. The van der Waals surface area contributed by atoms with Gasteiger partial charge >= 0.3 is 0 Å². The quantitative estimate of drug-likeness (QED) is 0.536. The van der Waals surface area contributed by atoms with Crippen LogP contribution in [0, 0.1) is 19.7 Å². The van der Waals surface area contributed by atoms with E-state index >= 15 is 0 Å². The lowest BCUT2D eigenvalue weighted by Gasteiger charge is -2.25. The number of furan rings is 1. The van der Waals surface area contributed by atoms with Crippen LogP contribution in [0.1, 0.15) is 35.1 Å². The number of aryl methyl sites for hydroxylation is 2.